The van der Waals surface area contributed by atoms with Crippen molar-refractivity contribution in [2.75, 3.05) is 0 Å². The predicted octanol–water partition coefficient (Wildman–Crippen LogP) is 5.22. The quantitative estimate of drug-likeness (QED) is 0.553. The number of rotatable bonds is 4. The molecule has 3 heteroatoms. The van der Waals surface area contributed by atoms with E-state index in [1.165, 1.54) is 0 Å². The minimum Gasteiger partial charge on any atom is -0.457 e. The van der Waals surface area contributed by atoms with Gasteiger partial charge in [0.25, 0.3) is 5.56 Å². The summed E-state index contributed by atoms with van der Waals surface area (Å²) < 4.78 is 5.91. The number of pyridine rings is 1. The monoisotopic (exact) mass is 341 g/mol. The van der Waals surface area contributed by atoms with Crippen molar-refractivity contribution in [2.45, 2.75) is 13.3 Å². The van der Waals surface area contributed by atoms with Crippen LogP contribution in [0, 0.1) is 6.92 Å². The Morgan fingerprint density at radius 1 is 0.808 bits per heavy atom. The molecule has 0 amide bonds. The van der Waals surface area contributed by atoms with Gasteiger partial charge in [-0.2, -0.15) is 0 Å². The highest BCUT2D eigenvalue weighted by Crippen LogP contribution is 2.24. The Balaban J connectivity index is 1.69. The molecule has 3 nitrogen and oxygen atoms in total. The van der Waals surface area contributed by atoms with Crippen LogP contribution in [0.4, 0.5) is 0 Å². The second kappa shape index (κ2) is 6.89. The molecular formula is C23H19NO2. The number of aromatic amines is 1. The van der Waals surface area contributed by atoms with Gasteiger partial charge < -0.3 is 9.72 Å². The molecule has 1 aromatic heterocycles. The van der Waals surface area contributed by atoms with E-state index >= 15 is 0 Å². The highest BCUT2D eigenvalue weighted by molar-refractivity contribution is 5.87. The zero-order valence-electron chi connectivity index (χ0n) is 14.5. The fraction of sp³-hybridized carbons (Fsp3) is 0.0870. The molecule has 0 atom stereocenters. The molecule has 26 heavy (non-hydrogen) atoms. The maximum absolute atomic E-state index is 12.5. The van der Waals surface area contributed by atoms with Gasteiger partial charge in [0.1, 0.15) is 11.5 Å². The van der Waals surface area contributed by atoms with Crippen LogP contribution in [-0.2, 0) is 6.42 Å². The number of ether oxygens (including phenoxy) is 1. The van der Waals surface area contributed by atoms with Gasteiger partial charge in [0, 0.05) is 23.1 Å². The van der Waals surface area contributed by atoms with Gasteiger partial charge in [0.15, 0.2) is 0 Å². The van der Waals surface area contributed by atoms with Gasteiger partial charge in [-0.15, -0.1) is 0 Å². The van der Waals surface area contributed by atoms with E-state index in [1.807, 2.05) is 85.8 Å². The lowest BCUT2D eigenvalue weighted by Crippen LogP contribution is -2.15. The molecule has 0 saturated heterocycles. The average Bonchev–Trinajstić information content (AvgIpc) is 2.66. The topological polar surface area (TPSA) is 42.1 Å². The third-order valence-corrected chi connectivity index (χ3v) is 4.49. The first-order valence-electron chi connectivity index (χ1n) is 8.63. The number of fused-ring (bicyclic) bond motifs is 1. The zero-order chi connectivity index (χ0) is 17.9. The van der Waals surface area contributed by atoms with Crippen LogP contribution in [-0.4, -0.2) is 4.98 Å². The Kier molecular flexibility index (Phi) is 4.28. The molecule has 4 rings (SSSR count). The summed E-state index contributed by atoms with van der Waals surface area (Å²) in [6, 6.07) is 25.6. The van der Waals surface area contributed by atoms with Crippen LogP contribution in [0.15, 0.2) is 83.7 Å². The molecule has 0 spiro atoms. The second-order valence-corrected chi connectivity index (χ2v) is 6.34. The number of hydrogen-bond acceptors (Lipinski definition) is 2. The third kappa shape index (κ3) is 3.24. The predicted molar refractivity (Wildman–Crippen MR) is 105 cm³/mol. The van der Waals surface area contributed by atoms with E-state index in [4.69, 9.17) is 4.74 Å². The minimum atomic E-state index is -0.0319. The first-order valence-corrected chi connectivity index (χ1v) is 8.63. The number of aryl methyl sites for hydroxylation is 1. The van der Waals surface area contributed by atoms with Gasteiger partial charge in [-0.25, -0.2) is 0 Å². The Hall–Kier alpha value is -3.33. The lowest BCUT2D eigenvalue weighted by atomic mass is 9.99. The number of benzene rings is 3. The summed E-state index contributed by atoms with van der Waals surface area (Å²) in [6.07, 6.45) is 0.558. The van der Waals surface area contributed by atoms with E-state index in [0.717, 1.165) is 39.1 Å². The number of nitrogens with one attached hydrogen (secondary N) is 1. The highest BCUT2D eigenvalue weighted by atomic mass is 16.5. The van der Waals surface area contributed by atoms with Crippen molar-refractivity contribution < 1.29 is 4.74 Å². The third-order valence-electron chi connectivity index (χ3n) is 4.49. The lowest BCUT2D eigenvalue weighted by Gasteiger charge is -2.10. The largest absolute Gasteiger partial charge is 0.457 e. The van der Waals surface area contributed by atoms with Gasteiger partial charge in [0.05, 0.1) is 0 Å². The average molecular weight is 341 g/mol. The first kappa shape index (κ1) is 16.2. The van der Waals surface area contributed by atoms with Crippen molar-refractivity contribution in [3.05, 3.63) is 106 Å². The normalized spacial score (nSPS) is 10.8. The van der Waals surface area contributed by atoms with Gasteiger partial charge in [-0.05, 0) is 42.1 Å². The second-order valence-electron chi connectivity index (χ2n) is 6.34. The summed E-state index contributed by atoms with van der Waals surface area (Å²) in [5, 5.41) is 2.09. The SMILES string of the molecule is Cc1[nH]c(=O)c(Cc2cccc(Oc3ccccc3)c2)c2ccccc12. The minimum absolute atomic E-state index is 0.0319. The van der Waals surface area contributed by atoms with Crippen LogP contribution in [0.25, 0.3) is 10.8 Å². The molecule has 0 saturated carbocycles. The maximum Gasteiger partial charge on any atom is 0.252 e. The molecule has 0 unspecified atom stereocenters. The summed E-state index contributed by atoms with van der Waals surface area (Å²) in [5.41, 5.74) is 2.69. The summed E-state index contributed by atoms with van der Waals surface area (Å²) in [4.78, 5) is 15.5. The van der Waals surface area contributed by atoms with Gasteiger partial charge in [0.2, 0.25) is 0 Å². The molecule has 0 radical (unpaired) electrons. The molecule has 1 heterocycles. The molecule has 0 aliphatic heterocycles. The molecular weight excluding hydrogens is 322 g/mol. The lowest BCUT2D eigenvalue weighted by molar-refractivity contribution is 0.482. The van der Waals surface area contributed by atoms with E-state index < -0.39 is 0 Å². The Morgan fingerprint density at radius 3 is 2.31 bits per heavy atom. The van der Waals surface area contributed by atoms with Crippen LogP contribution in [0.3, 0.4) is 0 Å². The van der Waals surface area contributed by atoms with Crippen molar-refractivity contribution in [3.8, 4) is 11.5 Å². The van der Waals surface area contributed by atoms with Crippen LogP contribution in [0.5, 0.6) is 11.5 Å². The van der Waals surface area contributed by atoms with Crippen molar-refractivity contribution in [2.24, 2.45) is 0 Å². The standard InChI is InChI=1S/C23H19NO2/c1-16-20-12-5-6-13-21(20)22(23(25)24-16)15-17-8-7-11-19(14-17)26-18-9-3-2-4-10-18/h2-14H,15H2,1H3,(H,24,25). The molecule has 4 aromatic rings. The van der Waals surface area contributed by atoms with Crippen LogP contribution >= 0.6 is 0 Å². The summed E-state index contributed by atoms with van der Waals surface area (Å²) in [5.74, 6) is 1.56. The summed E-state index contributed by atoms with van der Waals surface area (Å²) >= 11 is 0. The maximum atomic E-state index is 12.5. The Bertz CT molecular complexity index is 1110. The molecule has 0 aliphatic rings. The van der Waals surface area contributed by atoms with E-state index in [-0.39, 0.29) is 5.56 Å². The molecule has 0 fully saturated rings. The first-order chi connectivity index (χ1) is 12.7. The van der Waals surface area contributed by atoms with Gasteiger partial charge in [-0.3, -0.25) is 4.79 Å². The Morgan fingerprint density at radius 2 is 1.50 bits per heavy atom. The molecule has 3 aromatic carbocycles. The molecule has 1 N–H and O–H groups in total. The number of para-hydroxylation sites is 1. The van der Waals surface area contributed by atoms with E-state index in [0.29, 0.717) is 6.42 Å². The summed E-state index contributed by atoms with van der Waals surface area (Å²) in [7, 11) is 0. The van der Waals surface area contributed by atoms with Crippen LogP contribution in [0.1, 0.15) is 16.8 Å². The highest BCUT2D eigenvalue weighted by Gasteiger charge is 2.10. The van der Waals surface area contributed by atoms with Crippen LogP contribution < -0.4 is 10.3 Å². The van der Waals surface area contributed by atoms with Crippen molar-refractivity contribution in [1.29, 1.82) is 0 Å². The zero-order valence-corrected chi connectivity index (χ0v) is 14.5. The fourth-order valence-electron chi connectivity index (χ4n) is 3.23. The van der Waals surface area contributed by atoms with E-state index in [2.05, 4.69) is 4.98 Å². The van der Waals surface area contributed by atoms with Crippen LogP contribution in [0.2, 0.25) is 0 Å². The fourth-order valence-corrected chi connectivity index (χ4v) is 3.23. The van der Waals surface area contributed by atoms with E-state index in [9.17, 15) is 4.79 Å². The number of aromatic nitrogens is 1. The van der Waals surface area contributed by atoms with Gasteiger partial charge >= 0.3 is 0 Å². The van der Waals surface area contributed by atoms with Gasteiger partial charge in [-0.1, -0.05) is 54.6 Å². The van der Waals surface area contributed by atoms with Crippen molar-refractivity contribution >= 4 is 10.8 Å². The number of hydrogen-bond donors (Lipinski definition) is 1. The van der Waals surface area contributed by atoms with E-state index in [1.54, 1.807) is 0 Å². The molecule has 0 bridgehead atoms. The Labute approximate surface area is 151 Å². The summed E-state index contributed by atoms with van der Waals surface area (Å²) in [6.45, 7) is 1.93. The van der Waals surface area contributed by atoms with Crippen molar-refractivity contribution in [3.63, 3.8) is 0 Å². The number of H-pyrrole nitrogens is 1. The smallest absolute Gasteiger partial charge is 0.252 e. The molecule has 128 valence electrons. The molecule has 0 aliphatic carbocycles. The van der Waals surface area contributed by atoms with Crippen molar-refractivity contribution in [1.82, 2.24) is 4.98 Å².